The van der Waals surface area contributed by atoms with Crippen LogP contribution in [-0.2, 0) is 10.0 Å². The van der Waals surface area contributed by atoms with E-state index in [9.17, 15) is 8.42 Å². The van der Waals surface area contributed by atoms with Crippen molar-refractivity contribution in [3.63, 3.8) is 0 Å². The van der Waals surface area contributed by atoms with Gasteiger partial charge in [-0.25, -0.2) is 13.4 Å². The first-order valence-corrected chi connectivity index (χ1v) is 6.83. The van der Waals surface area contributed by atoms with Crippen LogP contribution in [0.15, 0.2) is 10.4 Å². The van der Waals surface area contributed by atoms with Crippen molar-refractivity contribution in [3.8, 4) is 0 Å². The SMILES string of the molecule is Cc1ncc(S(=O)(=O)N2CC(CO)C2)s1. The van der Waals surface area contributed by atoms with Crippen molar-refractivity contribution in [2.24, 2.45) is 5.92 Å². The summed E-state index contributed by atoms with van der Waals surface area (Å²) in [6.45, 7) is 2.65. The molecule has 7 heteroatoms. The highest BCUT2D eigenvalue weighted by molar-refractivity contribution is 7.91. The van der Waals surface area contributed by atoms with Crippen molar-refractivity contribution in [1.29, 1.82) is 0 Å². The monoisotopic (exact) mass is 248 g/mol. The van der Waals surface area contributed by atoms with Crippen molar-refractivity contribution in [2.45, 2.75) is 11.1 Å². The molecule has 5 nitrogen and oxygen atoms in total. The highest BCUT2D eigenvalue weighted by Gasteiger charge is 2.37. The van der Waals surface area contributed by atoms with Gasteiger partial charge in [0.2, 0.25) is 0 Å². The predicted molar refractivity (Wildman–Crippen MR) is 56.2 cm³/mol. The number of thiazole rings is 1. The standard InChI is InChI=1S/C8H12N2O3S2/c1-6-9-2-8(14-6)15(12,13)10-3-7(4-10)5-11/h2,7,11H,3-5H2,1H3. The van der Waals surface area contributed by atoms with Gasteiger partial charge in [0, 0.05) is 25.6 Å². The highest BCUT2D eigenvalue weighted by atomic mass is 32.2. The summed E-state index contributed by atoms with van der Waals surface area (Å²) in [5, 5.41) is 9.56. The maximum Gasteiger partial charge on any atom is 0.254 e. The molecule has 1 fully saturated rings. The molecule has 0 atom stereocenters. The fourth-order valence-corrected chi connectivity index (χ4v) is 4.28. The number of aryl methyl sites for hydroxylation is 1. The second-order valence-electron chi connectivity index (χ2n) is 3.57. The number of nitrogens with zero attached hydrogens (tertiary/aromatic N) is 2. The van der Waals surface area contributed by atoms with E-state index in [4.69, 9.17) is 5.11 Å². The van der Waals surface area contributed by atoms with Gasteiger partial charge in [-0.2, -0.15) is 4.31 Å². The topological polar surface area (TPSA) is 70.5 Å². The van der Waals surface area contributed by atoms with Gasteiger partial charge in [0.1, 0.15) is 0 Å². The molecule has 1 saturated heterocycles. The summed E-state index contributed by atoms with van der Waals surface area (Å²) in [6.07, 6.45) is 1.39. The van der Waals surface area contributed by atoms with E-state index in [1.54, 1.807) is 6.92 Å². The molecule has 15 heavy (non-hydrogen) atoms. The van der Waals surface area contributed by atoms with Crippen LogP contribution in [0.1, 0.15) is 5.01 Å². The lowest BCUT2D eigenvalue weighted by molar-refractivity contribution is 0.117. The Bertz CT molecular complexity index is 448. The molecule has 2 rings (SSSR count). The Hall–Kier alpha value is -0.500. The number of sulfonamides is 1. The van der Waals surface area contributed by atoms with Crippen LogP contribution >= 0.6 is 11.3 Å². The minimum absolute atomic E-state index is 0.0493. The number of rotatable bonds is 3. The van der Waals surface area contributed by atoms with Gasteiger partial charge in [-0.05, 0) is 6.92 Å². The lowest BCUT2D eigenvalue weighted by Crippen LogP contribution is -2.50. The maximum absolute atomic E-state index is 11.9. The zero-order chi connectivity index (χ0) is 11.1. The Kier molecular flexibility index (Phi) is 2.80. The molecular weight excluding hydrogens is 236 g/mol. The van der Waals surface area contributed by atoms with Gasteiger partial charge in [-0.15, -0.1) is 11.3 Å². The molecule has 1 aliphatic rings. The molecule has 0 amide bonds. The Balaban J connectivity index is 2.15. The van der Waals surface area contributed by atoms with E-state index >= 15 is 0 Å². The zero-order valence-electron chi connectivity index (χ0n) is 8.25. The molecule has 0 aromatic carbocycles. The summed E-state index contributed by atoms with van der Waals surface area (Å²) < 4.78 is 25.5. The quantitative estimate of drug-likeness (QED) is 0.821. The van der Waals surface area contributed by atoms with Crippen molar-refractivity contribution in [2.75, 3.05) is 19.7 Å². The zero-order valence-corrected chi connectivity index (χ0v) is 9.88. The van der Waals surface area contributed by atoms with Crippen LogP contribution in [0.2, 0.25) is 0 Å². The van der Waals surface area contributed by atoms with Gasteiger partial charge >= 0.3 is 0 Å². The summed E-state index contributed by atoms with van der Waals surface area (Å²) in [4.78, 5) is 3.93. The van der Waals surface area contributed by atoms with Gasteiger partial charge in [-0.3, -0.25) is 0 Å². The number of aliphatic hydroxyl groups excluding tert-OH is 1. The average molecular weight is 248 g/mol. The molecule has 0 unspecified atom stereocenters. The predicted octanol–water partition coefficient (Wildman–Crippen LogP) is 0.0643. The highest BCUT2D eigenvalue weighted by Crippen LogP contribution is 2.27. The van der Waals surface area contributed by atoms with Crippen LogP contribution in [0.3, 0.4) is 0 Å². The third kappa shape index (κ3) is 1.92. The first-order valence-electron chi connectivity index (χ1n) is 4.57. The third-order valence-electron chi connectivity index (χ3n) is 2.38. The van der Waals surface area contributed by atoms with E-state index in [1.165, 1.54) is 21.8 Å². The largest absolute Gasteiger partial charge is 0.396 e. The van der Waals surface area contributed by atoms with Crippen molar-refractivity contribution < 1.29 is 13.5 Å². The van der Waals surface area contributed by atoms with Gasteiger partial charge in [0.25, 0.3) is 10.0 Å². The van der Waals surface area contributed by atoms with Crippen LogP contribution < -0.4 is 0 Å². The van der Waals surface area contributed by atoms with E-state index < -0.39 is 10.0 Å². The molecular formula is C8H12N2O3S2. The van der Waals surface area contributed by atoms with Crippen LogP contribution in [0.4, 0.5) is 0 Å². The van der Waals surface area contributed by atoms with Gasteiger partial charge in [0.15, 0.2) is 4.21 Å². The summed E-state index contributed by atoms with van der Waals surface area (Å²) in [7, 11) is -3.35. The Morgan fingerprint density at radius 3 is 2.80 bits per heavy atom. The van der Waals surface area contributed by atoms with Crippen LogP contribution in [-0.4, -0.2) is 42.5 Å². The van der Waals surface area contributed by atoms with E-state index in [0.29, 0.717) is 13.1 Å². The molecule has 0 aliphatic carbocycles. The molecule has 1 aromatic rings. The van der Waals surface area contributed by atoms with E-state index in [-0.39, 0.29) is 16.7 Å². The minimum atomic E-state index is -3.35. The fraction of sp³-hybridized carbons (Fsp3) is 0.625. The number of aliphatic hydroxyl groups is 1. The van der Waals surface area contributed by atoms with Crippen molar-refractivity contribution in [1.82, 2.24) is 9.29 Å². The molecule has 1 N–H and O–H groups in total. The maximum atomic E-state index is 11.9. The van der Waals surface area contributed by atoms with E-state index in [2.05, 4.69) is 4.98 Å². The molecule has 0 radical (unpaired) electrons. The second kappa shape index (κ2) is 3.82. The molecule has 0 saturated carbocycles. The normalized spacial score (nSPS) is 19.1. The number of hydrogen-bond donors (Lipinski definition) is 1. The smallest absolute Gasteiger partial charge is 0.254 e. The third-order valence-corrected chi connectivity index (χ3v) is 5.56. The summed E-state index contributed by atoms with van der Waals surface area (Å²) in [5.74, 6) is 0.0915. The van der Waals surface area contributed by atoms with E-state index in [1.807, 2.05) is 0 Å². The summed E-state index contributed by atoms with van der Waals surface area (Å²) in [5.41, 5.74) is 0. The second-order valence-corrected chi connectivity index (χ2v) is 6.97. The van der Waals surface area contributed by atoms with E-state index in [0.717, 1.165) is 5.01 Å². The lowest BCUT2D eigenvalue weighted by atomic mass is 10.1. The molecule has 2 heterocycles. The number of hydrogen-bond acceptors (Lipinski definition) is 5. The minimum Gasteiger partial charge on any atom is -0.396 e. The Morgan fingerprint density at radius 2 is 2.33 bits per heavy atom. The molecule has 84 valence electrons. The van der Waals surface area contributed by atoms with Crippen LogP contribution in [0.5, 0.6) is 0 Å². The van der Waals surface area contributed by atoms with Crippen LogP contribution in [0, 0.1) is 12.8 Å². The van der Waals surface area contributed by atoms with Crippen LogP contribution in [0.25, 0.3) is 0 Å². The molecule has 1 aromatic heterocycles. The van der Waals surface area contributed by atoms with Gasteiger partial charge in [-0.1, -0.05) is 0 Å². The first-order chi connectivity index (χ1) is 7.04. The fourth-order valence-electron chi connectivity index (χ4n) is 1.42. The average Bonchev–Trinajstić information content (AvgIpc) is 2.50. The Labute approximate surface area is 92.4 Å². The van der Waals surface area contributed by atoms with Gasteiger partial charge < -0.3 is 5.11 Å². The van der Waals surface area contributed by atoms with Gasteiger partial charge in [0.05, 0.1) is 11.2 Å². The lowest BCUT2D eigenvalue weighted by Gasteiger charge is -2.36. The molecule has 0 bridgehead atoms. The summed E-state index contributed by atoms with van der Waals surface area (Å²) in [6, 6.07) is 0. The molecule has 0 spiro atoms. The number of aromatic nitrogens is 1. The van der Waals surface area contributed by atoms with Crippen molar-refractivity contribution in [3.05, 3.63) is 11.2 Å². The molecule has 1 aliphatic heterocycles. The summed E-state index contributed by atoms with van der Waals surface area (Å²) >= 11 is 1.18. The first kappa shape index (κ1) is 11.0. The van der Waals surface area contributed by atoms with Crippen molar-refractivity contribution >= 4 is 21.4 Å². The Morgan fingerprint density at radius 1 is 1.67 bits per heavy atom.